The molecule has 3 heterocycles. The highest BCUT2D eigenvalue weighted by Gasteiger charge is 2.17. The van der Waals surface area contributed by atoms with E-state index in [2.05, 4.69) is 20.0 Å². The standard InChI is InChI=1S/C18H19N5O/c24-18(21-17-11-19-16-8-4-5-9-23(16)17)15-10-20-22(13-15)12-14-6-2-1-3-7-14/h1-3,6-7,10-11,13H,4-5,8-9,12H2,(H,21,24). The van der Waals surface area contributed by atoms with Crippen LogP contribution in [0.25, 0.3) is 0 Å². The highest BCUT2D eigenvalue weighted by atomic mass is 16.1. The van der Waals surface area contributed by atoms with Crippen LogP contribution in [0.1, 0.15) is 34.6 Å². The second kappa shape index (κ2) is 6.31. The second-order valence-corrected chi connectivity index (χ2v) is 6.03. The van der Waals surface area contributed by atoms with E-state index in [1.165, 1.54) is 0 Å². The molecule has 4 rings (SSSR count). The Morgan fingerprint density at radius 1 is 1.17 bits per heavy atom. The summed E-state index contributed by atoms with van der Waals surface area (Å²) in [5, 5.41) is 7.23. The highest BCUT2D eigenvalue weighted by Crippen LogP contribution is 2.20. The first kappa shape index (κ1) is 14.7. The topological polar surface area (TPSA) is 64.7 Å². The Hall–Kier alpha value is -2.89. The molecule has 0 saturated heterocycles. The SMILES string of the molecule is O=C(Nc1cnc2n1CCCC2)c1cnn(Cc2ccccc2)c1. The van der Waals surface area contributed by atoms with Gasteiger partial charge in [0.05, 0.1) is 24.5 Å². The lowest BCUT2D eigenvalue weighted by molar-refractivity contribution is 0.102. The van der Waals surface area contributed by atoms with Gasteiger partial charge in [0.2, 0.25) is 0 Å². The molecular weight excluding hydrogens is 302 g/mol. The van der Waals surface area contributed by atoms with Gasteiger partial charge in [0.1, 0.15) is 11.6 Å². The molecule has 1 aromatic carbocycles. The van der Waals surface area contributed by atoms with Crippen molar-refractivity contribution in [2.75, 3.05) is 5.32 Å². The third-order valence-corrected chi connectivity index (χ3v) is 4.29. The van der Waals surface area contributed by atoms with Gasteiger partial charge in [-0.25, -0.2) is 4.98 Å². The lowest BCUT2D eigenvalue weighted by Gasteiger charge is -2.16. The van der Waals surface area contributed by atoms with Crippen molar-refractivity contribution in [3.05, 3.63) is 65.9 Å². The highest BCUT2D eigenvalue weighted by molar-refractivity contribution is 6.03. The number of nitrogens with zero attached hydrogens (tertiary/aromatic N) is 4. The Kier molecular flexibility index (Phi) is 3.86. The van der Waals surface area contributed by atoms with E-state index < -0.39 is 0 Å². The van der Waals surface area contributed by atoms with E-state index in [4.69, 9.17) is 0 Å². The van der Waals surface area contributed by atoms with Crippen LogP contribution >= 0.6 is 0 Å². The van der Waals surface area contributed by atoms with Crippen LogP contribution in [0.4, 0.5) is 5.82 Å². The van der Waals surface area contributed by atoms with Gasteiger partial charge in [-0.2, -0.15) is 5.10 Å². The first-order chi connectivity index (χ1) is 11.8. The molecule has 3 aromatic rings. The molecule has 0 saturated carbocycles. The van der Waals surface area contributed by atoms with Crippen molar-refractivity contribution < 1.29 is 4.79 Å². The van der Waals surface area contributed by atoms with Crippen LogP contribution in [0.15, 0.2) is 48.9 Å². The summed E-state index contributed by atoms with van der Waals surface area (Å²) in [6.45, 7) is 1.56. The molecule has 122 valence electrons. The van der Waals surface area contributed by atoms with Gasteiger partial charge in [-0.1, -0.05) is 30.3 Å². The molecule has 0 atom stereocenters. The summed E-state index contributed by atoms with van der Waals surface area (Å²) in [5.74, 6) is 1.67. The van der Waals surface area contributed by atoms with Gasteiger partial charge in [-0.3, -0.25) is 9.48 Å². The fourth-order valence-electron chi connectivity index (χ4n) is 3.04. The molecule has 0 fully saturated rings. The van der Waals surface area contributed by atoms with Crippen LogP contribution in [0.3, 0.4) is 0 Å². The van der Waals surface area contributed by atoms with E-state index in [1.54, 1.807) is 23.3 Å². The maximum Gasteiger partial charge on any atom is 0.259 e. The lowest BCUT2D eigenvalue weighted by Crippen LogP contribution is -2.18. The molecule has 6 nitrogen and oxygen atoms in total. The minimum Gasteiger partial charge on any atom is -0.315 e. The van der Waals surface area contributed by atoms with Crippen LogP contribution in [0.5, 0.6) is 0 Å². The van der Waals surface area contributed by atoms with Crippen molar-refractivity contribution in [3.8, 4) is 0 Å². The molecule has 1 aliphatic heterocycles. The Labute approximate surface area is 140 Å². The van der Waals surface area contributed by atoms with Crippen LogP contribution in [0, 0.1) is 0 Å². The fourth-order valence-corrected chi connectivity index (χ4v) is 3.04. The summed E-state index contributed by atoms with van der Waals surface area (Å²) < 4.78 is 3.87. The molecule has 0 aliphatic carbocycles. The number of imidazole rings is 1. The summed E-state index contributed by atoms with van der Waals surface area (Å²) in [6, 6.07) is 10.1. The number of anilines is 1. The first-order valence-electron chi connectivity index (χ1n) is 8.22. The van der Waals surface area contributed by atoms with Crippen LogP contribution in [0.2, 0.25) is 0 Å². The van der Waals surface area contributed by atoms with E-state index in [0.717, 1.165) is 43.0 Å². The zero-order valence-corrected chi connectivity index (χ0v) is 13.4. The molecule has 24 heavy (non-hydrogen) atoms. The quantitative estimate of drug-likeness (QED) is 0.803. The minimum absolute atomic E-state index is 0.150. The van der Waals surface area contributed by atoms with Gasteiger partial charge in [0, 0.05) is 19.2 Å². The average molecular weight is 321 g/mol. The predicted octanol–water partition coefficient (Wildman–Crippen LogP) is 2.72. The zero-order chi connectivity index (χ0) is 16.4. The fraction of sp³-hybridized carbons (Fsp3) is 0.278. The van der Waals surface area contributed by atoms with Gasteiger partial charge >= 0.3 is 0 Å². The smallest absolute Gasteiger partial charge is 0.259 e. The van der Waals surface area contributed by atoms with Crippen molar-refractivity contribution in [1.82, 2.24) is 19.3 Å². The average Bonchev–Trinajstić information content (AvgIpc) is 3.24. The number of hydrogen-bond donors (Lipinski definition) is 1. The maximum absolute atomic E-state index is 12.5. The normalized spacial score (nSPS) is 13.5. The largest absolute Gasteiger partial charge is 0.315 e. The van der Waals surface area contributed by atoms with E-state index in [0.29, 0.717) is 12.1 Å². The first-order valence-corrected chi connectivity index (χ1v) is 8.22. The number of carbonyl (C=O) groups is 1. The zero-order valence-electron chi connectivity index (χ0n) is 13.4. The second-order valence-electron chi connectivity index (χ2n) is 6.03. The monoisotopic (exact) mass is 321 g/mol. The van der Waals surface area contributed by atoms with Gasteiger partial charge < -0.3 is 9.88 Å². The van der Waals surface area contributed by atoms with E-state index >= 15 is 0 Å². The van der Waals surface area contributed by atoms with Crippen LogP contribution < -0.4 is 5.32 Å². The van der Waals surface area contributed by atoms with E-state index in [1.807, 2.05) is 30.3 Å². The van der Waals surface area contributed by atoms with Crippen molar-refractivity contribution in [3.63, 3.8) is 0 Å². The van der Waals surface area contributed by atoms with Crippen molar-refractivity contribution >= 4 is 11.7 Å². The molecule has 0 radical (unpaired) electrons. The Morgan fingerprint density at radius 2 is 2.04 bits per heavy atom. The maximum atomic E-state index is 12.5. The van der Waals surface area contributed by atoms with Gasteiger partial charge in [-0.05, 0) is 18.4 Å². The summed E-state index contributed by atoms with van der Waals surface area (Å²) >= 11 is 0. The Morgan fingerprint density at radius 3 is 2.92 bits per heavy atom. The van der Waals surface area contributed by atoms with Gasteiger partial charge in [-0.15, -0.1) is 0 Å². The number of fused-ring (bicyclic) bond motifs is 1. The van der Waals surface area contributed by atoms with Crippen molar-refractivity contribution in [2.45, 2.75) is 32.4 Å². The van der Waals surface area contributed by atoms with Crippen LogP contribution in [-0.2, 0) is 19.5 Å². The minimum atomic E-state index is -0.150. The van der Waals surface area contributed by atoms with Crippen LogP contribution in [-0.4, -0.2) is 25.2 Å². The number of rotatable bonds is 4. The number of amides is 1. The molecule has 1 N–H and O–H groups in total. The molecule has 1 amide bonds. The van der Waals surface area contributed by atoms with E-state index in [9.17, 15) is 4.79 Å². The number of aryl methyl sites for hydroxylation is 1. The molecule has 0 spiro atoms. The number of nitrogens with one attached hydrogen (secondary N) is 1. The number of aromatic nitrogens is 4. The van der Waals surface area contributed by atoms with E-state index in [-0.39, 0.29) is 5.91 Å². The Bertz CT molecular complexity index is 849. The summed E-state index contributed by atoms with van der Waals surface area (Å²) in [5.41, 5.74) is 1.70. The summed E-state index contributed by atoms with van der Waals surface area (Å²) in [6.07, 6.45) is 8.39. The van der Waals surface area contributed by atoms with Gasteiger partial charge in [0.15, 0.2) is 0 Å². The Balaban J connectivity index is 1.46. The number of hydrogen-bond acceptors (Lipinski definition) is 3. The number of carbonyl (C=O) groups excluding carboxylic acids is 1. The van der Waals surface area contributed by atoms with Crippen molar-refractivity contribution in [2.24, 2.45) is 0 Å². The summed E-state index contributed by atoms with van der Waals surface area (Å²) in [7, 11) is 0. The van der Waals surface area contributed by atoms with Gasteiger partial charge in [0.25, 0.3) is 5.91 Å². The third kappa shape index (κ3) is 2.95. The molecule has 0 unspecified atom stereocenters. The lowest BCUT2D eigenvalue weighted by atomic mass is 10.2. The third-order valence-electron chi connectivity index (χ3n) is 4.29. The molecular formula is C18H19N5O. The number of benzene rings is 1. The molecule has 1 aliphatic rings. The molecule has 2 aromatic heterocycles. The molecule has 0 bridgehead atoms. The molecule has 6 heteroatoms. The summed E-state index contributed by atoms with van der Waals surface area (Å²) in [4.78, 5) is 16.8. The van der Waals surface area contributed by atoms with Crippen molar-refractivity contribution in [1.29, 1.82) is 0 Å². The predicted molar refractivity (Wildman–Crippen MR) is 90.9 cm³/mol.